The van der Waals surface area contributed by atoms with Gasteiger partial charge in [0.25, 0.3) is 5.91 Å². The minimum Gasteiger partial charge on any atom is -0.333 e. The fourth-order valence-electron chi connectivity index (χ4n) is 2.75. The Balaban J connectivity index is 2.24. The highest BCUT2D eigenvalue weighted by molar-refractivity contribution is 5.94. The van der Waals surface area contributed by atoms with Crippen molar-refractivity contribution in [3.05, 3.63) is 35.4 Å². The van der Waals surface area contributed by atoms with Crippen molar-refractivity contribution in [1.82, 2.24) is 4.90 Å². The van der Waals surface area contributed by atoms with Gasteiger partial charge < -0.3 is 4.90 Å². The zero-order chi connectivity index (χ0) is 12.4. The van der Waals surface area contributed by atoms with Gasteiger partial charge in [-0.25, -0.2) is 0 Å². The molecule has 1 heterocycles. The molecule has 1 aromatic carbocycles. The molecule has 1 aliphatic rings. The average molecular weight is 231 g/mol. The predicted octanol–water partition coefficient (Wildman–Crippen LogP) is 3.40. The third-order valence-electron chi connectivity index (χ3n) is 3.69. The lowest BCUT2D eigenvalue weighted by Crippen LogP contribution is -2.47. The molecule has 0 radical (unpaired) electrons. The van der Waals surface area contributed by atoms with E-state index in [1.165, 1.54) is 6.42 Å². The van der Waals surface area contributed by atoms with E-state index in [4.69, 9.17) is 0 Å². The van der Waals surface area contributed by atoms with Crippen LogP contribution >= 0.6 is 0 Å². The van der Waals surface area contributed by atoms with Crippen LogP contribution in [0, 0.1) is 6.92 Å². The zero-order valence-electron chi connectivity index (χ0n) is 10.9. The van der Waals surface area contributed by atoms with Crippen LogP contribution in [-0.2, 0) is 0 Å². The molecular weight excluding hydrogens is 210 g/mol. The van der Waals surface area contributed by atoms with Crippen LogP contribution in [0.2, 0.25) is 0 Å². The Kier molecular flexibility index (Phi) is 3.51. The molecule has 0 spiro atoms. The van der Waals surface area contributed by atoms with Crippen LogP contribution in [0.5, 0.6) is 0 Å². The lowest BCUT2D eigenvalue weighted by atomic mass is 9.96. The third kappa shape index (κ3) is 2.51. The van der Waals surface area contributed by atoms with E-state index in [2.05, 4.69) is 18.7 Å². The quantitative estimate of drug-likeness (QED) is 0.725. The summed E-state index contributed by atoms with van der Waals surface area (Å²) < 4.78 is 0. The second-order valence-electron chi connectivity index (χ2n) is 5.21. The molecule has 2 rings (SSSR count). The molecule has 2 unspecified atom stereocenters. The maximum atomic E-state index is 12.5. The number of hydrogen-bond donors (Lipinski definition) is 0. The lowest BCUT2D eigenvalue weighted by molar-refractivity contribution is 0.0510. The molecule has 1 fully saturated rings. The molecule has 0 N–H and O–H groups in total. The molecular formula is C15H21NO. The predicted molar refractivity (Wildman–Crippen MR) is 70.1 cm³/mol. The molecule has 92 valence electrons. The fraction of sp³-hybridized carbons (Fsp3) is 0.533. The number of rotatable bonds is 1. The van der Waals surface area contributed by atoms with Gasteiger partial charge in [0.2, 0.25) is 0 Å². The molecule has 1 saturated heterocycles. The highest BCUT2D eigenvalue weighted by Gasteiger charge is 2.29. The molecule has 2 nitrogen and oxygen atoms in total. The maximum Gasteiger partial charge on any atom is 0.254 e. The molecule has 0 bridgehead atoms. The molecule has 1 amide bonds. The smallest absolute Gasteiger partial charge is 0.254 e. The Morgan fingerprint density at radius 3 is 2.47 bits per heavy atom. The van der Waals surface area contributed by atoms with E-state index in [1.54, 1.807) is 0 Å². The van der Waals surface area contributed by atoms with Crippen LogP contribution in [0.25, 0.3) is 0 Å². The summed E-state index contributed by atoms with van der Waals surface area (Å²) in [6.07, 6.45) is 3.49. The summed E-state index contributed by atoms with van der Waals surface area (Å²) in [6.45, 7) is 6.34. The Morgan fingerprint density at radius 1 is 1.24 bits per heavy atom. The number of hydrogen-bond acceptors (Lipinski definition) is 1. The van der Waals surface area contributed by atoms with E-state index in [1.807, 2.05) is 31.2 Å². The number of aryl methyl sites for hydroxylation is 1. The minimum absolute atomic E-state index is 0.188. The van der Waals surface area contributed by atoms with Crippen LogP contribution < -0.4 is 0 Å². The minimum atomic E-state index is 0.188. The van der Waals surface area contributed by atoms with Gasteiger partial charge in [-0.1, -0.05) is 17.7 Å². The highest BCUT2D eigenvalue weighted by Crippen LogP contribution is 2.24. The largest absolute Gasteiger partial charge is 0.333 e. The Hall–Kier alpha value is -1.31. The van der Waals surface area contributed by atoms with Crippen molar-refractivity contribution >= 4 is 5.91 Å². The van der Waals surface area contributed by atoms with Gasteiger partial charge in [0.05, 0.1) is 0 Å². The lowest BCUT2D eigenvalue weighted by Gasteiger charge is -2.39. The summed E-state index contributed by atoms with van der Waals surface area (Å²) in [5, 5.41) is 0. The van der Waals surface area contributed by atoms with Crippen LogP contribution in [-0.4, -0.2) is 22.9 Å². The summed E-state index contributed by atoms with van der Waals surface area (Å²) in [7, 11) is 0. The van der Waals surface area contributed by atoms with E-state index < -0.39 is 0 Å². The normalized spacial score (nSPS) is 24.8. The number of nitrogens with zero attached hydrogens (tertiary/aromatic N) is 1. The Bertz CT molecular complexity index is 403. The van der Waals surface area contributed by atoms with Crippen molar-refractivity contribution < 1.29 is 4.79 Å². The summed E-state index contributed by atoms with van der Waals surface area (Å²) in [6, 6.07) is 8.63. The highest BCUT2D eigenvalue weighted by atomic mass is 16.2. The number of piperidine rings is 1. The number of carbonyl (C=O) groups excluding carboxylic acids is 1. The average Bonchev–Trinajstić information content (AvgIpc) is 2.28. The van der Waals surface area contributed by atoms with Crippen LogP contribution in [0.1, 0.15) is 49.0 Å². The number of likely N-dealkylation sites (tertiary alicyclic amines) is 1. The van der Waals surface area contributed by atoms with E-state index in [0.29, 0.717) is 12.1 Å². The molecule has 2 heteroatoms. The molecule has 0 aliphatic carbocycles. The Labute approximate surface area is 104 Å². The van der Waals surface area contributed by atoms with E-state index in [9.17, 15) is 4.79 Å². The second kappa shape index (κ2) is 4.91. The van der Waals surface area contributed by atoms with Crippen LogP contribution in [0.4, 0.5) is 0 Å². The van der Waals surface area contributed by atoms with Crippen molar-refractivity contribution in [2.45, 2.75) is 52.1 Å². The van der Waals surface area contributed by atoms with Gasteiger partial charge in [-0.05, 0) is 52.2 Å². The van der Waals surface area contributed by atoms with E-state index in [0.717, 1.165) is 24.0 Å². The fourth-order valence-corrected chi connectivity index (χ4v) is 2.75. The standard InChI is InChI=1S/C15H21NO/c1-11-6-4-9-14(10-11)15(17)16-12(2)7-5-8-13(16)3/h4,6,9-10,12-13H,5,7-8H2,1-3H3. The zero-order valence-corrected chi connectivity index (χ0v) is 10.9. The van der Waals surface area contributed by atoms with Gasteiger partial charge in [-0.15, -0.1) is 0 Å². The monoisotopic (exact) mass is 231 g/mol. The third-order valence-corrected chi connectivity index (χ3v) is 3.69. The van der Waals surface area contributed by atoms with Crippen molar-refractivity contribution in [2.24, 2.45) is 0 Å². The first-order valence-corrected chi connectivity index (χ1v) is 6.49. The first-order chi connectivity index (χ1) is 8.09. The molecule has 1 aromatic rings. The first kappa shape index (κ1) is 12.2. The van der Waals surface area contributed by atoms with Crippen molar-refractivity contribution in [3.63, 3.8) is 0 Å². The maximum absolute atomic E-state index is 12.5. The number of benzene rings is 1. The van der Waals surface area contributed by atoms with Gasteiger partial charge in [0, 0.05) is 17.6 Å². The van der Waals surface area contributed by atoms with E-state index >= 15 is 0 Å². The van der Waals surface area contributed by atoms with Gasteiger partial charge in [0.15, 0.2) is 0 Å². The van der Waals surface area contributed by atoms with Crippen molar-refractivity contribution in [2.75, 3.05) is 0 Å². The molecule has 17 heavy (non-hydrogen) atoms. The molecule has 1 aliphatic heterocycles. The van der Waals surface area contributed by atoms with Crippen LogP contribution in [0.15, 0.2) is 24.3 Å². The number of amides is 1. The van der Waals surface area contributed by atoms with Gasteiger partial charge in [-0.2, -0.15) is 0 Å². The first-order valence-electron chi connectivity index (χ1n) is 6.49. The molecule has 2 atom stereocenters. The summed E-state index contributed by atoms with van der Waals surface area (Å²) in [5.41, 5.74) is 1.97. The molecule has 0 aromatic heterocycles. The summed E-state index contributed by atoms with van der Waals surface area (Å²) in [4.78, 5) is 14.6. The van der Waals surface area contributed by atoms with E-state index in [-0.39, 0.29) is 5.91 Å². The summed E-state index contributed by atoms with van der Waals surface area (Å²) in [5.74, 6) is 0.188. The van der Waals surface area contributed by atoms with Crippen molar-refractivity contribution in [3.8, 4) is 0 Å². The summed E-state index contributed by atoms with van der Waals surface area (Å²) >= 11 is 0. The SMILES string of the molecule is Cc1cccc(C(=O)N2C(C)CCCC2C)c1. The second-order valence-corrected chi connectivity index (χ2v) is 5.21. The van der Waals surface area contributed by atoms with Gasteiger partial charge in [0.1, 0.15) is 0 Å². The van der Waals surface area contributed by atoms with Gasteiger partial charge >= 0.3 is 0 Å². The van der Waals surface area contributed by atoms with Crippen molar-refractivity contribution in [1.29, 1.82) is 0 Å². The molecule has 0 saturated carbocycles. The van der Waals surface area contributed by atoms with Crippen LogP contribution in [0.3, 0.4) is 0 Å². The van der Waals surface area contributed by atoms with Gasteiger partial charge in [-0.3, -0.25) is 4.79 Å². The number of carbonyl (C=O) groups is 1. The Morgan fingerprint density at radius 2 is 1.88 bits per heavy atom. The topological polar surface area (TPSA) is 20.3 Å².